The molecule has 2 rings (SSSR count). The zero-order valence-electron chi connectivity index (χ0n) is 9.54. The molecule has 2 aliphatic rings. The van der Waals surface area contributed by atoms with Crippen molar-refractivity contribution >= 4 is 18.3 Å². The van der Waals surface area contributed by atoms with Gasteiger partial charge in [-0.3, -0.25) is 4.79 Å². The molecule has 1 unspecified atom stereocenters. The number of hydrogen-bond donors (Lipinski definition) is 2. The third kappa shape index (κ3) is 4.28. The van der Waals surface area contributed by atoms with Crippen molar-refractivity contribution in [3.63, 3.8) is 0 Å². The maximum Gasteiger partial charge on any atom is 0.222 e. The van der Waals surface area contributed by atoms with Crippen LogP contribution in [0.1, 0.15) is 32.1 Å². The van der Waals surface area contributed by atoms with Crippen molar-refractivity contribution in [3.8, 4) is 0 Å². The highest BCUT2D eigenvalue weighted by molar-refractivity contribution is 5.85. The van der Waals surface area contributed by atoms with Crippen LogP contribution in [0.2, 0.25) is 0 Å². The number of ether oxygens (including phenoxy) is 1. The zero-order valence-corrected chi connectivity index (χ0v) is 10.4. The topological polar surface area (TPSA) is 50.4 Å². The lowest BCUT2D eigenvalue weighted by atomic mass is 10.1. The Hall–Kier alpha value is -0.320. The molecule has 2 N–H and O–H groups in total. The summed E-state index contributed by atoms with van der Waals surface area (Å²) >= 11 is 0. The van der Waals surface area contributed by atoms with Gasteiger partial charge in [-0.15, -0.1) is 12.4 Å². The van der Waals surface area contributed by atoms with Crippen LogP contribution in [0.4, 0.5) is 0 Å². The van der Waals surface area contributed by atoms with Crippen molar-refractivity contribution < 1.29 is 9.53 Å². The molecular weight excluding hydrogens is 228 g/mol. The minimum atomic E-state index is 0. The Morgan fingerprint density at radius 3 is 2.88 bits per heavy atom. The van der Waals surface area contributed by atoms with E-state index in [9.17, 15) is 4.79 Å². The molecule has 0 bridgehead atoms. The van der Waals surface area contributed by atoms with E-state index in [1.165, 1.54) is 0 Å². The Balaban J connectivity index is 0.00000128. The second-order valence-corrected chi connectivity index (χ2v) is 4.45. The lowest BCUT2D eigenvalue weighted by Crippen LogP contribution is -2.46. The highest BCUT2D eigenvalue weighted by atomic mass is 35.5. The number of rotatable bonds is 3. The molecule has 94 valence electrons. The van der Waals surface area contributed by atoms with Crippen molar-refractivity contribution in [2.24, 2.45) is 0 Å². The van der Waals surface area contributed by atoms with E-state index in [0.29, 0.717) is 12.5 Å². The first-order valence-corrected chi connectivity index (χ1v) is 5.96. The molecule has 0 aromatic rings. The number of piperidine rings is 1. The molecule has 0 spiro atoms. The summed E-state index contributed by atoms with van der Waals surface area (Å²) in [7, 11) is 0. The van der Waals surface area contributed by atoms with Crippen LogP contribution in [-0.2, 0) is 9.53 Å². The molecule has 2 heterocycles. The van der Waals surface area contributed by atoms with Crippen LogP contribution >= 0.6 is 12.4 Å². The van der Waals surface area contributed by atoms with Crippen LogP contribution in [0.5, 0.6) is 0 Å². The van der Waals surface area contributed by atoms with E-state index in [4.69, 9.17) is 4.74 Å². The first-order chi connectivity index (χ1) is 7.34. The van der Waals surface area contributed by atoms with Gasteiger partial charge in [0, 0.05) is 19.2 Å². The lowest BCUT2D eigenvalue weighted by molar-refractivity contribution is -0.124. The van der Waals surface area contributed by atoms with Gasteiger partial charge in [0.1, 0.15) is 0 Å². The number of amides is 1. The van der Waals surface area contributed by atoms with Gasteiger partial charge >= 0.3 is 0 Å². The highest BCUT2D eigenvalue weighted by Crippen LogP contribution is 2.15. The number of nitrogens with one attached hydrogen (secondary N) is 2. The van der Waals surface area contributed by atoms with Crippen molar-refractivity contribution in [1.82, 2.24) is 10.6 Å². The summed E-state index contributed by atoms with van der Waals surface area (Å²) < 4.78 is 5.44. The van der Waals surface area contributed by atoms with Gasteiger partial charge < -0.3 is 15.4 Å². The Kier molecular flexibility index (Phi) is 6.09. The van der Waals surface area contributed by atoms with Crippen molar-refractivity contribution in [1.29, 1.82) is 0 Å². The molecule has 16 heavy (non-hydrogen) atoms. The van der Waals surface area contributed by atoms with E-state index in [-0.39, 0.29) is 24.4 Å². The molecule has 2 aliphatic heterocycles. The van der Waals surface area contributed by atoms with Crippen LogP contribution in [0, 0.1) is 0 Å². The van der Waals surface area contributed by atoms with Crippen molar-refractivity contribution in [2.45, 2.75) is 44.2 Å². The summed E-state index contributed by atoms with van der Waals surface area (Å²) in [6.07, 6.45) is 5.10. The Morgan fingerprint density at radius 2 is 2.25 bits per heavy atom. The van der Waals surface area contributed by atoms with Gasteiger partial charge in [0.05, 0.1) is 12.5 Å². The van der Waals surface area contributed by atoms with Gasteiger partial charge in [-0.1, -0.05) is 0 Å². The Bertz CT molecular complexity index is 214. The van der Waals surface area contributed by atoms with Crippen LogP contribution in [0.15, 0.2) is 0 Å². The van der Waals surface area contributed by atoms with Gasteiger partial charge in [-0.25, -0.2) is 0 Å². The molecule has 2 fully saturated rings. The minimum absolute atomic E-state index is 0. The van der Waals surface area contributed by atoms with Crippen LogP contribution in [0.25, 0.3) is 0 Å². The number of carbonyl (C=O) groups is 1. The largest absolute Gasteiger partial charge is 0.378 e. The second kappa shape index (κ2) is 7.09. The van der Waals surface area contributed by atoms with Gasteiger partial charge in [-0.2, -0.15) is 0 Å². The molecule has 2 saturated heterocycles. The average molecular weight is 249 g/mol. The Morgan fingerprint density at radius 1 is 1.38 bits per heavy atom. The highest BCUT2D eigenvalue weighted by Gasteiger charge is 2.21. The lowest BCUT2D eigenvalue weighted by Gasteiger charge is -2.24. The minimum Gasteiger partial charge on any atom is -0.378 e. The summed E-state index contributed by atoms with van der Waals surface area (Å²) in [6, 6.07) is 0.327. The normalized spacial score (nSPS) is 29.5. The molecular formula is C11H21ClN2O2. The number of carbonyl (C=O) groups excluding carboxylic acids is 1. The van der Waals surface area contributed by atoms with E-state index in [1.807, 2.05) is 0 Å². The third-order valence-electron chi connectivity index (χ3n) is 3.10. The maximum absolute atomic E-state index is 11.6. The van der Waals surface area contributed by atoms with E-state index in [2.05, 4.69) is 10.6 Å². The van der Waals surface area contributed by atoms with E-state index >= 15 is 0 Å². The van der Waals surface area contributed by atoms with Crippen molar-refractivity contribution in [3.05, 3.63) is 0 Å². The van der Waals surface area contributed by atoms with Crippen LogP contribution in [0.3, 0.4) is 0 Å². The Labute approximate surface area is 103 Å². The molecule has 0 aliphatic carbocycles. The first kappa shape index (κ1) is 13.7. The molecule has 5 heteroatoms. The van der Waals surface area contributed by atoms with Crippen LogP contribution in [-0.4, -0.2) is 37.7 Å². The standard InChI is InChI=1S/C11H20N2O2.ClH/c14-11(7-10-4-2-6-15-10)13-9-3-1-5-12-8-9;/h9-10,12H,1-8H2,(H,13,14);1H/t9-,10?;/m1./s1. The summed E-state index contributed by atoms with van der Waals surface area (Å²) in [6.45, 7) is 2.82. The molecule has 0 saturated carbocycles. The average Bonchev–Trinajstić information content (AvgIpc) is 2.71. The smallest absolute Gasteiger partial charge is 0.222 e. The summed E-state index contributed by atoms with van der Waals surface area (Å²) in [5, 5.41) is 6.35. The first-order valence-electron chi connectivity index (χ1n) is 5.96. The fraction of sp³-hybridized carbons (Fsp3) is 0.909. The van der Waals surface area contributed by atoms with Gasteiger partial charge in [-0.05, 0) is 32.2 Å². The fourth-order valence-corrected chi connectivity index (χ4v) is 2.27. The number of hydrogen-bond acceptors (Lipinski definition) is 3. The molecule has 1 amide bonds. The molecule has 2 atom stereocenters. The SMILES string of the molecule is Cl.O=C(CC1CCCO1)N[C@@H]1CCCNC1. The number of halogens is 1. The van der Waals surface area contributed by atoms with Crippen LogP contribution < -0.4 is 10.6 Å². The third-order valence-corrected chi connectivity index (χ3v) is 3.10. The van der Waals surface area contributed by atoms with Gasteiger partial charge in [0.2, 0.25) is 5.91 Å². The maximum atomic E-state index is 11.6. The van der Waals surface area contributed by atoms with Gasteiger partial charge in [0.25, 0.3) is 0 Å². The summed E-state index contributed by atoms with van der Waals surface area (Å²) in [5.41, 5.74) is 0. The second-order valence-electron chi connectivity index (χ2n) is 4.45. The van der Waals surface area contributed by atoms with E-state index in [0.717, 1.165) is 45.4 Å². The molecule has 4 nitrogen and oxygen atoms in total. The molecule has 0 aromatic heterocycles. The monoisotopic (exact) mass is 248 g/mol. The zero-order chi connectivity index (χ0) is 10.5. The quantitative estimate of drug-likeness (QED) is 0.779. The summed E-state index contributed by atoms with van der Waals surface area (Å²) in [4.78, 5) is 11.6. The van der Waals surface area contributed by atoms with Gasteiger partial charge in [0.15, 0.2) is 0 Å². The molecule has 0 aromatic carbocycles. The fourth-order valence-electron chi connectivity index (χ4n) is 2.27. The van der Waals surface area contributed by atoms with E-state index in [1.54, 1.807) is 0 Å². The van der Waals surface area contributed by atoms with Crippen molar-refractivity contribution in [2.75, 3.05) is 19.7 Å². The molecule has 0 radical (unpaired) electrons. The van der Waals surface area contributed by atoms with E-state index < -0.39 is 0 Å². The predicted molar refractivity (Wildman–Crippen MR) is 64.9 cm³/mol. The summed E-state index contributed by atoms with van der Waals surface area (Å²) in [5.74, 6) is 0.149. The predicted octanol–water partition coefficient (Wildman–Crippen LogP) is 0.845.